The minimum absolute atomic E-state index is 0.431. The van der Waals surface area contributed by atoms with Gasteiger partial charge in [0.1, 0.15) is 0 Å². The van der Waals surface area contributed by atoms with Crippen LogP contribution in [0.4, 0.5) is 5.69 Å². The first-order valence-corrected chi connectivity index (χ1v) is 8.67. The van der Waals surface area contributed by atoms with E-state index in [0.29, 0.717) is 17.5 Å². The maximum atomic E-state index is 2.72. The van der Waals surface area contributed by atoms with E-state index in [4.69, 9.17) is 0 Å². The van der Waals surface area contributed by atoms with Gasteiger partial charge in [-0.1, -0.05) is 60.7 Å². The lowest BCUT2D eigenvalue weighted by molar-refractivity contribution is 0.247. The number of para-hydroxylation sites is 1. The first kappa shape index (κ1) is 13.4. The van der Waals surface area contributed by atoms with Crippen LogP contribution < -0.4 is 4.90 Å². The Balaban J connectivity index is 1.40. The van der Waals surface area contributed by atoms with Crippen LogP contribution in [0.2, 0.25) is 0 Å². The predicted molar refractivity (Wildman–Crippen MR) is 94.5 cm³/mol. The maximum absolute atomic E-state index is 2.72. The van der Waals surface area contributed by atoms with Crippen molar-refractivity contribution in [1.82, 2.24) is 4.90 Å². The summed E-state index contributed by atoms with van der Waals surface area (Å²) in [4.78, 5) is 5.27. The molecule has 0 amide bonds. The second kappa shape index (κ2) is 4.97. The van der Waals surface area contributed by atoms with E-state index in [0.717, 1.165) is 6.54 Å². The number of rotatable bonds is 2. The van der Waals surface area contributed by atoms with Gasteiger partial charge in [-0.3, -0.25) is 4.90 Å². The summed E-state index contributed by atoms with van der Waals surface area (Å²) in [5.41, 5.74) is 3.23. The quantitative estimate of drug-likeness (QED) is 0.613. The summed E-state index contributed by atoms with van der Waals surface area (Å²) < 4.78 is 0. The zero-order chi connectivity index (χ0) is 15.3. The fourth-order valence-corrected chi connectivity index (χ4v) is 4.60. The lowest BCUT2D eigenvalue weighted by Crippen LogP contribution is -2.48. The van der Waals surface area contributed by atoms with Crippen LogP contribution in [0.25, 0.3) is 0 Å². The van der Waals surface area contributed by atoms with Gasteiger partial charge in [0.25, 0.3) is 0 Å². The third-order valence-electron chi connectivity index (χ3n) is 5.96. The van der Waals surface area contributed by atoms with Gasteiger partial charge in [-0.2, -0.15) is 0 Å². The van der Waals surface area contributed by atoms with Crippen LogP contribution in [0.3, 0.4) is 0 Å². The predicted octanol–water partition coefficient (Wildman–Crippen LogP) is 3.88. The van der Waals surface area contributed by atoms with Crippen molar-refractivity contribution < 1.29 is 0 Å². The van der Waals surface area contributed by atoms with E-state index < -0.39 is 0 Å². The molecule has 0 aromatic heterocycles. The molecule has 4 atom stereocenters. The fourth-order valence-electron chi connectivity index (χ4n) is 4.60. The highest BCUT2D eigenvalue weighted by molar-refractivity contribution is 5.48. The molecular formula is C21H22N2. The topological polar surface area (TPSA) is 6.25 Å². The van der Waals surface area contributed by atoms with Crippen LogP contribution in [0.15, 0.2) is 72.8 Å². The first-order valence-electron chi connectivity index (χ1n) is 8.67. The van der Waals surface area contributed by atoms with Crippen molar-refractivity contribution in [2.24, 2.45) is 5.92 Å². The van der Waals surface area contributed by atoms with E-state index in [1.165, 1.54) is 30.8 Å². The van der Waals surface area contributed by atoms with Crippen LogP contribution in [0, 0.1) is 5.92 Å². The average Bonchev–Trinajstić information content (AvgIpc) is 3.36. The van der Waals surface area contributed by atoms with Gasteiger partial charge in [-0.25, -0.2) is 0 Å². The van der Waals surface area contributed by atoms with Crippen molar-refractivity contribution in [2.45, 2.75) is 18.0 Å². The number of benzene rings is 2. The summed E-state index contributed by atoms with van der Waals surface area (Å²) in [6, 6.07) is 22.3. The van der Waals surface area contributed by atoms with Gasteiger partial charge in [-0.05, 0) is 24.1 Å². The minimum atomic E-state index is 0.431. The molecule has 0 saturated carbocycles. The Morgan fingerprint density at radius 3 is 2.39 bits per heavy atom. The molecule has 1 spiro atoms. The zero-order valence-electron chi connectivity index (χ0n) is 13.3. The molecule has 2 nitrogen and oxygen atoms in total. The monoisotopic (exact) mass is 302 g/mol. The molecule has 3 heterocycles. The number of piperidine rings is 1. The Morgan fingerprint density at radius 2 is 1.61 bits per heavy atom. The highest BCUT2D eigenvalue weighted by Gasteiger charge is 2.61. The van der Waals surface area contributed by atoms with Crippen molar-refractivity contribution in [3.63, 3.8) is 0 Å². The molecule has 2 aromatic carbocycles. The Hall–Kier alpha value is -2.06. The minimum Gasteiger partial charge on any atom is -0.371 e. The van der Waals surface area contributed by atoms with Crippen LogP contribution >= 0.6 is 0 Å². The molecule has 1 unspecified atom stereocenters. The molecule has 2 heteroatoms. The van der Waals surface area contributed by atoms with Gasteiger partial charge in [0.05, 0.1) is 6.04 Å². The van der Waals surface area contributed by atoms with E-state index in [2.05, 4.69) is 82.6 Å². The highest BCUT2D eigenvalue weighted by Crippen LogP contribution is 2.54. The molecule has 23 heavy (non-hydrogen) atoms. The van der Waals surface area contributed by atoms with Gasteiger partial charge < -0.3 is 4.90 Å². The summed E-state index contributed by atoms with van der Waals surface area (Å²) >= 11 is 0. The third kappa shape index (κ3) is 2.05. The summed E-state index contributed by atoms with van der Waals surface area (Å²) in [6.07, 6.45) is 6.20. The number of nitrogens with zero attached hydrogens (tertiary/aromatic N) is 2. The lowest BCUT2D eigenvalue weighted by Gasteiger charge is -2.42. The van der Waals surface area contributed by atoms with E-state index >= 15 is 0 Å². The van der Waals surface area contributed by atoms with Crippen LogP contribution in [-0.4, -0.2) is 30.1 Å². The molecule has 0 bridgehead atoms. The molecule has 2 aromatic rings. The summed E-state index contributed by atoms with van der Waals surface area (Å²) in [7, 11) is 0. The molecule has 2 saturated heterocycles. The van der Waals surface area contributed by atoms with Gasteiger partial charge in [0.2, 0.25) is 0 Å². The Bertz CT molecular complexity index is 724. The second-order valence-corrected chi connectivity index (χ2v) is 7.11. The lowest BCUT2D eigenvalue weighted by atomic mass is 9.81. The zero-order valence-corrected chi connectivity index (χ0v) is 13.3. The van der Waals surface area contributed by atoms with Crippen LogP contribution in [-0.2, 0) is 0 Å². The second-order valence-electron chi connectivity index (χ2n) is 7.11. The highest BCUT2D eigenvalue weighted by atomic mass is 15.4. The Kier molecular flexibility index (Phi) is 2.89. The smallest absolute Gasteiger partial charge is 0.0538 e. The standard InChI is InChI=1S/C21H22N2/c1-3-7-17(8-4-1)20-12-11-18-15-22(19-9-5-2-6-10-19)14-13-21(18)16-23(20)21/h1-12,18,20H,13-16H2/t18-,20+,21+,23?/m1/s1. The van der Waals surface area contributed by atoms with E-state index in [9.17, 15) is 0 Å². The molecule has 0 radical (unpaired) electrons. The molecule has 3 aliphatic heterocycles. The van der Waals surface area contributed by atoms with Gasteiger partial charge >= 0.3 is 0 Å². The van der Waals surface area contributed by atoms with Crippen LogP contribution in [0.1, 0.15) is 18.0 Å². The number of hydrogen-bond donors (Lipinski definition) is 0. The summed E-state index contributed by atoms with van der Waals surface area (Å²) in [6.45, 7) is 3.58. The van der Waals surface area contributed by atoms with Gasteiger partial charge in [0.15, 0.2) is 0 Å². The molecule has 3 aliphatic rings. The van der Waals surface area contributed by atoms with Gasteiger partial charge in [-0.15, -0.1) is 0 Å². The Labute approximate surface area is 138 Å². The van der Waals surface area contributed by atoms with Crippen LogP contribution in [0.5, 0.6) is 0 Å². The first-order chi connectivity index (χ1) is 11.4. The molecule has 5 rings (SSSR count). The largest absolute Gasteiger partial charge is 0.371 e. The fraction of sp³-hybridized carbons (Fsp3) is 0.333. The van der Waals surface area contributed by atoms with E-state index in [-0.39, 0.29) is 0 Å². The van der Waals surface area contributed by atoms with E-state index in [1.54, 1.807) is 0 Å². The molecule has 0 aliphatic carbocycles. The number of anilines is 1. The summed E-state index contributed by atoms with van der Waals surface area (Å²) in [5.74, 6) is 0.663. The number of hydrogen-bond acceptors (Lipinski definition) is 2. The van der Waals surface area contributed by atoms with Crippen molar-refractivity contribution >= 4 is 5.69 Å². The van der Waals surface area contributed by atoms with Crippen molar-refractivity contribution in [3.05, 3.63) is 78.4 Å². The average molecular weight is 302 g/mol. The molecule has 116 valence electrons. The van der Waals surface area contributed by atoms with Gasteiger partial charge in [0, 0.05) is 36.8 Å². The normalized spacial score (nSPS) is 34.6. The van der Waals surface area contributed by atoms with Crippen molar-refractivity contribution in [2.75, 3.05) is 24.5 Å². The third-order valence-corrected chi connectivity index (χ3v) is 5.96. The maximum Gasteiger partial charge on any atom is 0.0538 e. The summed E-state index contributed by atoms with van der Waals surface area (Å²) in [5, 5.41) is 0. The SMILES string of the molecule is C1=C[C@@H](c2ccccc2)N2C[C@]23CCN(c2ccccc2)C[C@@H]13. The molecule has 0 N–H and O–H groups in total. The van der Waals surface area contributed by atoms with E-state index in [1.807, 2.05) is 0 Å². The Morgan fingerprint density at radius 1 is 0.870 bits per heavy atom. The molecule has 2 fully saturated rings. The van der Waals surface area contributed by atoms with Crippen molar-refractivity contribution in [1.29, 1.82) is 0 Å². The molecular weight excluding hydrogens is 280 g/mol. The van der Waals surface area contributed by atoms with Crippen molar-refractivity contribution in [3.8, 4) is 0 Å².